The van der Waals surface area contributed by atoms with Crippen LogP contribution < -0.4 is 0 Å². The summed E-state index contributed by atoms with van der Waals surface area (Å²) in [7, 11) is 0. The number of oxime groups is 1. The number of aromatic nitrogens is 3. The largest absolute Gasteiger partial charge is 0.411 e. The normalized spacial score (nSPS) is 11.7. The zero-order valence-corrected chi connectivity index (χ0v) is 8.29. The van der Waals surface area contributed by atoms with Crippen LogP contribution >= 0.6 is 0 Å². The first-order valence-electron chi connectivity index (χ1n) is 4.59. The average Bonchev–Trinajstić information content (AvgIpc) is 2.80. The van der Waals surface area contributed by atoms with Crippen LogP contribution in [0.1, 0.15) is 5.56 Å². The zero-order valence-electron chi connectivity index (χ0n) is 8.29. The van der Waals surface area contributed by atoms with Crippen molar-refractivity contribution in [3.8, 4) is 0 Å². The Hall–Kier alpha value is -2.24. The number of hydrogen-bond acceptors (Lipinski definition) is 4. The van der Waals surface area contributed by atoms with Crippen molar-refractivity contribution in [2.45, 2.75) is 6.54 Å². The van der Waals surface area contributed by atoms with Gasteiger partial charge in [-0.25, -0.2) is 14.1 Å². The molecule has 2 rings (SSSR count). The Morgan fingerprint density at radius 2 is 2.12 bits per heavy atom. The Morgan fingerprint density at radius 3 is 2.69 bits per heavy atom. The maximum absolute atomic E-state index is 12.7. The second kappa shape index (κ2) is 4.52. The van der Waals surface area contributed by atoms with Gasteiger partial charge in [-0.05, 0) is 12.1 Å². The van der Waals surface area contributed by atoms with Crippen molar-refractivity contribution in [2.75, 3.05) is 0 Å². The van der Waals surface area contributed by atoms with Crippen molar-refractivity contribution >= 4 is 5.71 Å². The molecule has 1 heterocycles. The molecule has 0 aliphatic rings. The minimum absolute atomic E-state index is 0.280. The van der Waals surface area contributed by atoms with Crippen molar-refractivity contribution in [1.82, 2.24) is 14.8 Å². The van der Waals surface area contributed by atoms with E-state index < -0.39 is 0 Å². The lowest BCUT2D eigenvalue weighted by molar-refractivity contribution is 0.317. The van der Waals surface area contributed by atoms with Crippen LogP contribution in [0.15, 0.2) is 42.1 Å². The van der Waals surface area contributed by atoms with Gasteiger partial charge < -0.3 is 5.21 Å². The summed E-state index contributed by atoms with van der Waals surface area (Å²) in [5, 5.41) is 15.9. The Bertz CT molecular complexity index is 478. The van der Waals surface area contributed by atoms with Crippen molar-refractivity contribution in [3.63, 3.8) is 0 Å². The lowest BCUT2D eigenvalue weighted by atomic mass is 10.1. The van der Waals surface area contributed by atoms with E-state index in [0.29, 0.717) is 11.3 Å². The molecule has 0 fully saturated rings. The summed E-state index contributed by atoms with van der Waals surface area (Å²) in [6.45, 7) is 0.280. The van der Waals surface area contributed by atoms with E-state index in [1.165, 1.54) is 29.5 Å². The lowest BCUT2D eigenvalue weighted by Crippen LogP contribution is -2.12. The zero-order chi connectivity index (χ0) is 11.4. The summed E-state index contributed by atoms with van der Waals surface area (Å²) >= 11 is 0. The maximum atomic E-state index is 12.7. The van der Waals surface area contributed by atoms with Crippen molar-refractivity contribution in [2.24, 2.45) is 5.16 Å². The number of halogens is 1. The van der Waals surface area contributed by atoms with Gasteiger partial charge in [-0.1, -0.05) is 17.3 Å². The molecular weight excluding hydrogens is 211 g/mol. The molecular formula is C10H9FN4O. The molecule has 2 aromatic rings. The van der Waals surface area contributed by atoms with Gasteiger partial charge in [0.15, 0.2) is 0 Å². The predicted octanol–water partition coefficient (Wildman–Crippen LogP) is 1.30. The molecule has 0 amide bonds. The molecule has 6 heteroatoms. The fraction of sp³-hybridized carbons (Fsp3) is 0.100. The molecule has 82 valence electrons. The van der Waals surface area contributed by atoms with Gasteiger partial charge in [-0.3, -0.25) is 0 Å². The molecule has 0 radical (unpaired) electrons. The van der Waals surface area contributed by atoms with Crippen LogP contribution in [0.25, 0.3) is 0 Å². The molecule has 0 aliphatic heterocycles. The average molecular weight is 220 g/mol. The van der Waals surface area contributed by atoms with Crippen molar-refractivity contribution in [1.29, 1.82) is 0 Å². The molecule has 0 atom stereocenters. The highest BCUT2D eigenvalue weighted by atomic mass is 19.1. The molecule has 1 aromatic heterocycles. The SMILES string of the molecule is O/N=C(/Cn1cncn1)c1ccc(F)cc1. The van der Waals surface area contributed by atoms with E-state index in [9.17, 15) is 4.39 Å². The number of hydrogen-bond donors (Lipinski definition) is 1. The number of rotatable bonds is 3. The van der Waals surface area contributed by atoms with E-state index in [4.69, 9.17) is 5.21 Å². The topological polar surface area (TPSA) is 63.3 Å². The van der Waals surface area contributed by atoms with Crippen molar-refractivity contribution in [3.05, 3.63) is 48.3 Å². The second-order valence-electron chi connectivity index (χ2n) is 3.15. The summed E-state index contributed by atoms with van der Waals surface area (Å²) in [4.78, 5) is 3.77. The van der Waals surface area contributed by atoms with Crippen LogP contribution in [0.3, 0.4) is 0 Å². The molecule has 1 N–H and O–H groups in total. The van der Waals surface area contributed by atoms with Gasteiger partial charge in [0.05, 0.1) is 6.54 Å². The predicted molar refractivity (Wildman–Crippen MR) is 54.7 cm³/mol. The van der Waals surface area contributed by atoms with Crippen LogP contribution in [0.5, 0.6) is 0 Å². The third kappa shape index (κ3) is 2.22. The smallest absolute Gasteiger partial charge is 0.137 e. The Labute approximate surface area is 90.9 Å². The first-order valence-corrected chi connectivity index (χ1v) is 4.59. The number of benzene rings is 1. The summed E-state index contributed by atoms with van der Waals surface area (Å²) in [6.07, 6.45) is 2.90. The fourth-order valence-electron chi connectivity index (χ4n) is 1.29. The molecule has 0 bridgehead atoms. The van der Waals surface area contributed by atoms with Crippen molar-refractivity contribution < 1.29 is 9.60 Å². The van der Waals surface area contributed by atoms with Gasteiger partial charge >= 0.3 is 0 Å². The van der Waals surface area contributed by atoms with Gasteiger partial charge in [-0.15, -0.1) is 0 Å². The van der Waals surface area contributed by atoms with Crippen LogP contribution in [0, 0.1) is 5.82 Å². The Morgan fingerprint density at radius 1 is 1.38 bits per heavy atom. The van der Waals surface area contributed by atoms with E-state index in [-0.39, 0.29) is 12.4 Å². The highest BCUT2D eigenvalue weighted by Gasteiger charge is 2.06. The maximum Gasteiger partial charge on any atom is 0.137 e. The van der Waals surface area contributed by atoms with Gasteiger partial charge in [-0.2, -0.15) is 5.10 Å². The van der Waals surface area contributed by atoms with Gasteiger partial charge in [0.25, 0.3) is 0 Å². The lowest BCUT2D eigenvalue weighted by Gasteiger charge is -2.04. The monoisotopic (exact) mass is 220 g/mol. The molecule has 1 aromatic carbocycles. The minimum Gasteiger partial charge on any atom is -0.411 e. The van der Waals surface area contributed by atoms with Gasteiger partial charge in [0.2, 0.25) is 0 Å². The molecule has 5 nitrogen and oxygen atoms in total. The summed E-state index contributed by atoms with van der Waals surface area (Å²) in [5.41, 5.74) is 1.03. The van der Waals surface area contributed by atoms with E-state index >= 15 is 0 Å². The quantitative estimate of drug-likeness (QED) is 0.481. The standard InChI is InChI=1S/C10H9FN4O/c11-9-3-1-8(2-4-9)10(14-16)5-15-7-12-6-13-15/h1-4,6-7,16H,5H2/b14-10-. The first-order chi connectivity index (χ1) is 7.79. The molecule has 16 heavy (non-hydrogen) atoms. The molecule has 0 spiro atoms. The summed E-state index contributed by atoms with van der Waals surface area (Å²) < 4.78 is 14.2. The molecule has 0 saturated carbocycles. The molecule has 0 saturated heterocycles. The Kier molecular flexibility index (Phi) is 2.90. The fourth-order valence-corrected chi connectivity index (χ4v) is 1.29. The van der Waals surface area contributed by atoms with E-state index in [1.54, 1.807) is 12.1 Å². The van der Waals surface area contributed by atoms with Crippen LogP contribution in [-0.4, -0.2) is 25.7 Å². The third-order valence-corrected chi connectivity index (χ3v) is 2.08. The summed E-state index contributed by atoms with van der Waals surface area (Å²) in [5.74, 6) is -0.332. The molecule has 0 aliphatic carbocycles. The minimum atomic E-state index is -0.332. The highest BCUT2D eigenvalue weighted by molar-refractivity contribution is 5.99. The van der Waals surface area contributed by atoms with E-state index in [2.05, 4.69) is 15.2 Å². The first kappa shape index (κ1) is 10.3. The van der Waals surface area contributed by atoms with Crippen LogP contribution in [0.2, 0.25) is 0 Å². The van der Waals surface area contributed by atoms with E-state index in [1.807, 2.05) is 0 Å². The highest BCUT2D eigenvalue weighted by Crippen LogP contribution is 2.05. The van der Waals surface area contributed by atoms with Gasteiger partial charge in [0.1, 0.15) is 24.2 Å². The molecule has 0 unspecified atom stereocenters. The Balaban J connectivity index is 2.20. The number of nitrogens with zero attached hydrogens (tertiary/aromatic N) is 4. The van der Waals surface area contributed by atoms with Gasteiger partial charge in [0, 0.05) is 5.56 Å². The van der Waals surface area contributed by atoms with Crippen LogP contribution in [0.4, 0.5) is 4.39 Å². The van der Waals surface area contributed by atoms with E-state index in [0.717, 1.165) is 0 Å². The summed E-state index contributed by atoms with van der Waals surface area (Å²) in [6, 6.07) is 5.70. The second-order valence-corrected chi connectivity index (χ2v) is 3.15. The van der Waals surface area contributed by atoms with Crippen LogP contribution in [-0.2, 0) is 6.54 Å². The third-order valence-electron chi connectivity index (χ3n) is 2.08.